The van der Waals surface area contributed by atoms with E-state index in [0.717, 1.165) is 17.9 Å². The Hall–Kier alpha value is -1.03. The molecule has 0 radical (unpaired) electrons. The normalized spacial score (nSPS) is 10.2. The first-order chi connectivity index (χ1) is 8.38. The highest BCUT2D eigenvalue weighted by molar-refractivity contribution is 14.1. The molecule has 2 rings (SSSR count). The van der Waals surface area contributed by atoms with Crippen molar-refractivity contribution in [1.82, 2.24) is 0 Å². The average molecular weight is 338 g/mol. The number of aryl methyl sites for hydroxylation is 1. The van der Waals surface area contributed by atoms with Crippen molar-refractivity contribution in [1.29, 1.82) is 0 Å². The highest BCUT2D eigenvalue weighted by atomic mass is 127. The van der Waals surface area contributed by atoms with E-state index in [1.165, 1.54) is 16.4 Å². The molecule has 0 amide bonds. The van der Waals surface area contributed by atoms with E-state index in [9.17, 15) is 0 Å². The van der Waals surface area contributed by atoms with Gasteiger partial charge in [0.1, 0.15) is 11.5 Å². The summed E-state index contributed by atoms with van der Waals surface area (Å²) in [5.74, 6) is 1.78. The lowest BCUT2D eigenvalue weighted by Gasteiger charge is -2.06. The van der Waals surface area contributed by atoms with Crippen LogP contribution < -0.4 is 4.74 Å². The van der Waals surface area contributed by atoms with Crippen molar-refractivity contribution in [2.24, 2.45) is 0 Å². The number of benzene rings is 2. The zero-order valence-electron chi connectivity index (χ0n) is 9.60. The monoisotopic (exact) mass is 338 g/mol. The van der Waals surface area contributed by atoms with Crippen molar-refractivity contribution in [3.05, 3.63) is 60.2 Å². The van der Waals surface area contributed by atoms with Crippen molar-refractivity contribution in [3.63, 3.8) is 0 Å². The third-order valence-electron chi connectivity index (χ3n) is 2.50. The zero-order valence-corrected chi connectivity index (χ0v) is 11.8. The fourth-order valence-electron chi connectivity index (χ4n) is 1.62. The molecule has 0 N–H and O–H groups in total. The molecule has 0 heterocycles. The van der Waals surface area contributed by atoms with Crippen LogP contribution in [0.25, 0.3) is 0 Å². The minimum Gasteiger partial charge on any atom is -0.457 e. The third-order valence-corrected chi connectivity index (χ3v) is 3.26. The maximum atomic E-state index is 5.74. The maximum Gasteiger partial charge on any atom is 0.127 e. The standard InChI is InChI=1S/C15H15IO/c16-12-4-5-13-8-10-15(11-9-13)17-14-6-2-1-3-7-14/h1-3,6-11H,4-5,12H2. The van der Waals surface area contributed by atoms with Gasteiger partial charge in [0.05, 0.1) is 0 Å². The number of hydrogen-bond donors (Lipinski definition) is 0. The second kappa shape index (κ2) is 6.64. The van der Waals surface area contributed by atoms with Crippen LogP contribution in [0.5, 0.6) is 11.5 Å². The summed E-state index contributed by atoms with van der Waals surface area (Å²) in [4.78, 5) is 0. The van der Waals surface area contributed by atoms with Crippen LogP contribution in [0, 0.1) is 0 Å². The largest absolute Gasteiger partial charge is 0.457 e. The van der Waals surface area contributed by atoms with Gasteiger partial charge in [0.25, 0.3) is 0 Å². The Kier molecular flexibility index (Phi) is 4.86. The van der Waals surface area contributed by atoms with Crippen molar-refractivity contribution in [2.45, 2.75) is 12.8 Å². The van der Waals surface area contributed by atoms with Crippen molar-refractivity contribution in [2.75, 3.05) is 4.43 Å². The molecule has 0 aromatic heterocycles. The Balaban J connectivity index is 1.98. The summed E-state index contributed by atoms with van der Waals surface area (Å²) < 4.78 is 6.94. The second-order valence-electron chi connectivity index (χ2n) is 3.85. The molecule has 88 valence electrons. The lowest BCUT2D eigenvalue weighted by molar-refractivity contribution is 0.482. The number of hydrogen-bond acceptors (Lipinski definition) is 1. The summed E-state index contributed by atoms with van der Waals surface area (Å²) >= 11 is 2.41. The molecule has 2 aromatic rings. The second-order valence-corrected chi connectivity index (χ2v) is 4.93. The molecule has 0 unspecified atom stereocenters. The molecule has 0 aliphatic heterocycles. The Morgan fingerprint density at radius 2 is 1.47 bits per heavy atom. The first-order valence-electron chi connectivity index (χ1n) is 5.76. The number of ether oxygens (including phenoxy) is 1. The van der Waals surface area contributed by atoms with Gasteiger partial charge in [-0.15, -0.1) is 0 Å². The molecule has 0 spiro atoms. The third kappa shape index (κ3) is 4.04. The van der Waals surface area contributed by atoms with Gasteiger partial charge in [-0.2, -0.15) is 0 Å². The van der Waals surface area contributed by atoms with Gasteiger partial charge in [0.15, 0.2) is 0 Å². The number of para-hydroxylation sites is 1. The average Bonchev–Trinajstić information content (AvgIpc) is 2.39. The highest BCUT2D eigenvalue weighted by Gasteiger charge is 1.97. The van der Waals surface area contributed by atoms with Crippen LogP contribution in [0.1, 0.15) is 12.0 Å². The van der Waals surface area contributed by atoms with Crippen LogP contribution >= 0.6 is 22.6 Å². The van der Waals surface area contributed by atoms with Crippen LogP contribution in [0.4, 0.5) is 0 Å². The molecule has 2 heteroatoms. The molecular formula is C15H15IO. The van der Waals surface area contributed by atoms with Crippen LogP contribution in [-0.4, -0.2) is 4.43 Å². The maximum absolute atomic E-state index is 5.74. The van der Waals surface area contributed by atoms with Crippen LogP contribution in [-0.2, 0) is 6.42 Å². The molecule has 17 heavy (non-hydrogen) atoms. The van der Waals surface area contributed by atoms with Gasteiger partial charge in [0.2, 0.25) is 0 Å². The van der Waals surface area contributed by atoms with Gasteiger partial charge in [-0.25, -0.2) is 0 Å². The van der Waals surface area contributed by atoms with Crippen LogP contribution in [0.15, 0.2) is 54.6 Å². The van der Waals surface area contributed by atoms with E-state index < -0.39 is 0 Å². The minimum atomic E-state index is 0.882. The van der Waals surface area contributed by atoms with E-state index in [-0.39, 0.29) is 0 Å². The molecule has 0 saturated carbocycles. The van der Waals surface area contributed by atoms with Gasteiger partial charge in [0, 0.05) is 0 Å². The van der Waals surface area contributed by atoms with Crippen LogP contribution in [0.3, 0.4) is 0 Å². The Morgan fingerprint density at radius 3 is 2.12 bits per heavy atom. The van der Waals surface area contributed by atoms with E-state index in [0.29, 0.717) is 0 Å². The quantitative estimate of drug-likeness (QED) is 0.560. The van der Waals surface area contributed by atoms with Gasteiger partial charge < -0.3 is 4.74 Å². The van der Waals surface area contributed by atoms with E-state index in [1.54, 1.807) is 0 Å². The minimum absolute atomic E-state index is 0.882. The lowest BCUT2D eigenvalue weighted by atomic mass is 10.1. The van der Waals surface area contributed by atoms with E-state index in [4.69, 9.17) is 4.74 Å². The Labute approximate surface area is 116 Å². The molecule has 1 nitrogen and oxygen atoms in total. The molecule has 0 aliphatic rings. The summed E-state index contributed by atoms with van der Waals surface area (Å²) in [5, 5.41) is 0. The van der Waals surface area contributed by atoms with Gasteiger partial charge >= 0.3 is 0 Å². The first kappa shape index (κ1) is 12.4. The van der Waals surface area contributed by atoms with E-state index in [2.05, 4.69) is 34.7 Å². The predicted molar refractivity (Wildman–Crippen MR) is 80.2 cm³/mol. The molecule has 0 saturated heterocycles. The smallest absolute Gasteiger partial charge is 0.127 e. The summed E-state index contributed by atoms with van der Waals surface area (Å²) in [5.41, 5.74) is 1.38. The Morgan fingerprint density at radius 1 is 0.824 bits per heavy atom. The van der Waals surface area contributed by atoms with E-state index >= 15 is 0 Å². The summed E-state index contributed by atoms with van der Waals surface area (Å²) in [6.45, 7) is 0. The fraction of sp³-hybridized carbons (Fsp3) is 0.200. The number of rotatable bonds is 5. The molecule has 0 fully saturated rings. The number of halogens is 1. The summed E-state index contributed by atoms with van der Waals surface area (Å²) in [7, 11) is 0. The lowest BCUT2D eigenvalue weighted by Crippen LogP contribution is -1.87. The summed E-state index contributed by atoms with van der Waals surface area (Å²) in [6.07, 6.45) is 2.38. The summed E-state index contributed by atoms with van der Waals surface area (Å²) in [6, 6.07) is 18.2. The van der Waals surface area contributed by atoms with Gasteiger partial charge in [-0.3, -0.25) is 0 Å². The highest BCUT2D eigenvalue weighted by Crippen LogP contribution is 2.21. The zero-order chi connectivity index (χ0) is 11.9. The van der Waals surface area contributed by atoms with Crippen molar-refractivity contribution in [3.8, 4) is 11.5 Å². The van der Waals surface area contributed by atoms with Gasteiger partial charge in [-0.05, 0) is 47.1 Å². The predicted octanol–water partition coefficient (Wildman–Crippen LogP) is 4.85. The fourth-order valence-corrected chi connectivity index (χ4v) is 2.00. The Bertz CT molecular complexity index is 436. The topological polar surface area (TPSA) is 9.23 Å². The molecule has 0 atom stereocenters. The molecule has 0 aliphatic carbocycles. The van der Waals surface area contributed by atoms with Crippen molar-refractivity contribution >= 4 is 22.6 Å². The molecule has 2 aromatic carbocycles. The van der Waals surface area contributed by atoms with Crippen LogP contribution in [0.2, 0.25) is 0 Å². The van der Waals surface area contributed by atoms with Crippen molar-refractivity contribution < 1.29 is 4.74 Å². The molecular weight excluding hydrogens is 323 g/mol. The van der Waals surface area contributed by atoms with Gasteiger partial charge in [-0.1, -0.05) is 52.9 Å². The molecule has 0 bridgehead atoms. The SMILES string of the molecule is ICCCc1ccc(Oc2ccccc2)cc1. The first-order valence-corrected chi connectivity index (χ1v) is 7.29. The van der Waals surface area contributed by atoms with E-state index in [1.807, 2.05) is 42.5 Å². The number of alkyl halides is 1.